The van der Waals surface area contributed by atoms with Gasteiger partial charge in [0.2, 0.25) is 0 Å². The van der Waals surface area contributed by atoms with Crippen LogP contribution in [0, 0.1) is 0 Å². The zero-order valence-corrected chi connectivity index (χ0v) is 14.7. The molecule has 0 fully saturated rings. The van der Waals surface area contributed by atoms with Crippen molar-refractivity contribution >= 4 is 43.7 Å². The first-order chi connectivity index (χ1) is 11.8. The molecule has 4 aromatic rings. The van der Waals surface area contributed by atoms with Crippen LogP contribution in [0.15, 0.2) is 88.3 Å². The zero-order chi connectivity index (χ0) is 16.4. The Bertz CT molecular complexity index is 979. The molecule has 0 saturated carbocycles. The van der Waals surface area contributed by atoms with E-state index < -0.39 is 0 Å². The summed E-state index contributed by atoms with van der Waals surface area (Å²) in [5.74, 6) is 0. The summed E-state index contributed by atoms with van der Waals surface area (Å²) in [5.41, 5.74) is 2.40. The summed E-state index contributed by atoms with van der Waals surface area (Å²) in [6.07, 6.45) is 1.95. The van der Waals surface area contributed by atoms with E-state index in [-0.39, 0.29) is 0 Å². The lowest BCUT2D eigenvalue weighted by molar-refractivity contribution is 1.11. The van der Waals surface area contributed by atoms with E-state index in [0.717, 1.165) is 10.0 Å². The van der Waals surface area contributed by atoms with Crippen molar-refractivity contribution < 1.29 is 0 Å². The molecule has 0 radical (unpaired) electrons. The summed E-state index contributed by atoms with van der Waals surface area (Å²) in [5, 5.41) is 5.10. The van der Waals surface area contributed by atoms with E-state index in [2.05, 4.69) is 82.7 Å². The molecule has 0 aliphatic rings. The maximum Gasteiger partial charge on any atom is 0.0652 e. The number of rotatable bonds is 3. The monoisotopic (exact) mass is 373 g/mol. The highest BCUT2D eigenvalue weighted by molar-refractivity contribution is 9.10. The second kappa shape index (κ2) is 6.58. The van der Waals surface area contributed by atoms with Crippen LogP contribution in [0.4, 0.5) is 0 Å². The molecule has 0 saturated heterocycles. The van der Waals surface area contributed by atoms with E-state index in [9.17, 15) is 0 Å². The zero-order valence-electron chi connectivity index (χ0n) is 13.1. The molecule has 24 heavy (non-hydrogen) atoms. The molecule has 1 nitrogen and oxygen atoms in total. The Morgan fingerprint density at radius 1 is 0.750 bits per heavy atom. The first kappa shape index (κ1) is 15.1. The molecular weight excluding hydrogens is 358 g/mol. The van der Waals surface area contributed by atoms with Crippen molar-refractivity contribution in [3.05, 3.63) is 94.5 Å². The predicted molar refractivity (Wildman–Crippen MR) is 107 cm³/mol. The van der Waals surface area contributed by atoms with Gasteiger partial charge in [-0.15, -0.1) is 0 Å². The van der Waals surface area contributed by atoms with Gasteiger partial charge in [-0.25, -0.2) is 0 Å². The van der Waals surface area contributed by atoms with Gasteiger partial charge in [0, 0.05) is 10.7 Å². The number of benzene rings is 4. The maximum absolute atomic E-state index is 4.70. The minimum atomic E-state index is 0.679. The van der Waals surface area contributed by atoms with Gasteiger partial charge in [-0.1, -0.05) is 76.6 Å². The van der Waals surface area contributed by atoms with Gasteiger partial charge >= 0.3 is 0 Å². The first-order valence-electron chi connectivity index (χ1n) is 7.96. The van der Waals surface area contributed by atoms with E-state index >= 15 is 0 Å². The summed E-state index contributed by atoms with van der Waals surface area (Å²) in [4.78, 5) is 4.70. The third-order valence-corrected chi connectivity index (χ3v) is 4.77. The SMILES string of the molecule is Brc1ccc(C=NCc2c3ccccc3cc3ccccc23)cc1. The minimum Gasteiger partial charge on any atom is -0.288 e. The van der Waals surface area contributed by atoms with Crippen molar-refractivity contribution in [3.63, 3.8) is 0 Å². The molecule has 0 N–H and O–H groups in total. The van der Waals surface area contributed by atoms with Gasteiger partial charge in [0.1, 0.15) is 0 Å². The fourth-order valence-corrected chi connectivity index (χ4v) is 3.33. The van der Waals surface area contributed by atoms with Crippen molar-refractivity contribution in [1.29, 1.82) is 0 Å². The van der Waals surface area contributed by atoms with Crippen LogP contribution in [0.2, 0.25) is 0 Å². The van der Waals surface area contributed by atoms with Gasteiger partial charge in [-0.05, 0) is 50.9 Å². The Kier molecular flexibility index (Phi) is 4.14. The molecule has 0 amide bonds. The lowest BCUT2D eigenvalue weighted by atomic mass is 9.97. The minimum absolute atomic E-state index is 0.679. The van der Waals surface area contributed by atoms with Gasteiger partial charge in [-0.3, -0.25) is 4.99 Å². The molecule has 0 unspecified atom stereocenters. The van der Waals surface area contributed by atoms with Gasteiger partial charge in [0.15, 0.2) is 0 Å². The summed E-state index contributed by atoms with van der Waals surface area (Å²) in [7, 11) is 0. The number of fused-ring (bicyclic) bond motifs is 2. The Hall–Kier alpha value is -2.45. The molecule has 0 bridgehead atoms. The number of nitrogens with zero attached hydrogens (tertiary/aromatic N) is 1. The standard InChI is InChI=1S/C22H16BrN/c23-19-11-9-16(10-12-19)14-24-15-22-20-7-3-1-5-17(20)13-18-6-2-4-8-21(18)22/h1-14H,15H2. The number of hydrogen-bond acceptors (Lipinski definition) is 1. The molecule has 0 heterocycles. The number of halogens is 1. The van der Waals surface area contributed by atoms with Gasteiger partial charge in [0.25, 0.3) is 0 Å². The molecule has 0 aromatic heterocycles. The molecule has 0 atom stereocenters. The van der Waals surface area contributed by atoms with Crippen LogP contribution < -0.4 is 0 Å². The highest BCUT2D eigenvalue weighted by atomic mass is 79.9. The molecule has 2 heteroatoms. The molecule has 116 valence electrons. The molecular formula is C22H16BrN. The Morgan fingerprint density at radius 2 is 1.33 bits per heavy atom. The molecule has 4 aromatic carbocycles. The van der Waals surface area contributed by atoms with Crippen LogP contribution in [0.3, 0.4) is 0 Å². The highest BCUT2D eigenvalue weighted by Crippen LogP contribution is 2.29. The van der Waals surface area contributed by atoms with E-state index in [1.807, 2.05) is 18.3 Å². The molecule has 0 aliphatic heterocycles. The van der Waals surface area contributed by atoms with E-state index in [1.54, 1.807) is 0 Å². The third-order valence-electron chi connectivity index (χ3n) is 4.24. The molecule has 0 spiro atoms. The summed E-state index contributed by atoms with van der Waals surface area (Å²) in [6, 6.07) is 27.5. The van der Waals surface area contributed by atoms with Crippen molar-refractivity contribution in [2.75, 3.05) is 0 Å². The normalized spacial score (nSPS) is 11.5. The van der Waals surface area contributed by atoms with Crippen molar-refractivity contribution in [1.82, 2.24) is 0 Å². The topological polar surface area (TPSA) is 12.4 Å². The fraction of sp³-hybridized carbons (Fsp3) is 0.0455. The van der Waals surface area contributed by atoms with Crippen molar-refractivity contribution in [2.24, 2.45) is 4.99 Å². The largest absolute Gasteiger partial charge is 0.288 e. The van der Waals surface area contributed by atoms with E-state index in [0.29, 0.717) is 6.54 Å². The van der Waals surface area contributed by atoms with Gasteiger partial charge < -0.3 is 0 Å². The smallest absolute Gasteiger partial charge is 0.0652 e. The van der Waals surface area contributed by atoms with Crippen LogP contribution in [0.1, 0.15) is 11.1 Å². The third kappa shape index (κ3) is 2.98. The fourth-order valence-electron chi connectivity index (χ4n) is 3.07. The van der Waals surface area contributed by atoms with Crippen LogP contribution >= 0.6 is 15.9 Å². The Morgan fingerprint density at radius 3 is 1.96 bits per heavy atom. The lowest BCUT2D eigenvalue weighted by Crippen LogP contribution is -1.90. The van der Waals surface area contributed by atoms with E-state index in [1.165, 1.54) is 27.1 Å². The summed E-state index contributed by atoms with van der Waals surface area (Å²) < 4.78 is 1.08. The average Bonchev–Trinajstić information content (AvgIpc) is 2.63. The predicted octanol–water partition coefficient (Wildman–Crippen LogP) is 6.37. The van der Waals surface area contributed by atoms with Crippen LogP contribution in [0.25, 0.3) is 21.5 Å². The number of hydrogen-bond donors (Lipinski definition) is 0. The van der Waals surface area contributed by atoms with E-state index in [4.69, 9.17) is 4.99 Å². The maximum atomic E-state index is 4.70. The van der Waals surface area contributed by atoms with Crippen molar-refractivity contribution in [3.8, 4) is 0 Å². The van der Waals surface area contributed by atoms with Gasteiger partial charge in [-0.2, -0.15) is 0 Å². The number of aliphatic imine (C=N–C) groups is 1. The summed E-state index contributed by atoms with van der Waals surface area (Å²) >= 11 is 3.46. The lowest BCUT2D eigenvalue weighted by Gasteiger charge is -2.09. The van der Waals surface area contributed by atoms with Crippen molar-refractivity contribution in [2.45, 2.75) is 6.54 Å². The Labute approximate surface area is 149 Å². The highest BCUT2D eigenvalue weighted by Gasteiger charge is 2.06. The van der Waals surface area contributed by atoms with Crippen LogP contribution in [-0.2, 0) is 6.54 Å². The van der Waals surface area contributed by atoms with Crippen LogP contribution in [-0.4, -0.2) is 6.21 Å². The summed E-state index contributed by atoms with van der Waals surface area (Å²) in [6.45, 7) is 0.679. The average molecular weight is 374 g/mol. The molecule has 0 aliphatic carbocycles. The quantitative estimate of drug-likeness (QED) is 0.292. The second-order valence-corrected chi connectivity index (χ2v) is 6.73. The van der Waals surface area contributed by atoms with Gasteiger partial charge in [0.05, 0.1) is 6.54 Å². The molecule has 4 rings (SSSR count). The first-order valence-corrected chi connectivity index (χ1v) is 8.75. The second-order valence-electron chi connectivity index (χ2n) is 5.82. The van der Waals surface area contributed by atoms with Crippen LogP contribution in [0.5, 0.6) is 0 Å². The Balaban J connectivity index is 1.77.